The number of para-hydroxylation sites is 1. The summed E-state index contributed by atoms with van der Waals surface area (Å²) >= 11 is 0. The van der Waals surface area contributed by atoms with E-state index in [1.165, 1.54) is 27.9 Å². The number of hydrogen-bond acceptors (Lipinski definition) is 1. The lowest BCUT2D eigenvalue weighted by molar-refractivity contribution is 0.865. The smallest absolute Gasteiger partial charge is 0.0400 e. The van der Waals surface area contributed by atoms with E-state index < -0.39 is 0 Å². The van der Waals surface area contributed by atoms with E-state index in [0.717, 1.165) is 6.54 Å². The Bertz CT molecular complexity index is 742. The molecule has 0 saturated carbocycles. The first-order chi connectivity index (χ1) is 11.2. The lowest BCUT2D eigenvalue weighted by atomic mass is 10.0. The molecule has 0 heterocycles. The molecule has 0 aliphatic heterocycles. The molecular weight excluding hydrogens is 278 g/mol. The third-order valence-electron chi connectivity index (χ3n) is 4.13. The van der Waals surface area contributed by atoms with Crippen molar-refractivity contribution >= 4 is 5.69 Å². The fourth-order valence-electron chi connectivity index (χ4n) is 2.80. The summed E-state index contributed by atoms with van der Waals surface area (Å²) in [5, 5.41) is 3.57. The van der Waals surface area contributed by atoms with Crippen LogP contribution < -0.4 is 5.32 Å². The van der Waals surface area contributed by atoms with Crippen molar-refractivity contribution in [3.63, 3.8) is 0 Å². The van der Waals surface area contributed by atoms with Gasteiger partial charge in [0.15, 0.2) is 0 Å². The van der Waals surface area contributed by atoms with E-state index in [-0.39, 0.29) is 0 Å². The number of rotatable bonds is 5. The van der Waals surface area contributed by atoms with Gasteiger partial charge in [-0.15, -0.1) is 0 Å². The quantitative estimate of drug-likeness (QED) is 0.601. The minimum Gasteiger partial charge on any atom is -0.381 e. The van der Waals surface area contributed by atoms with Crippen molar-refractivity contribution < 1.29 is 0 Å². The second-order valence-electron chi connectivity index (χ2n) is 6.16. The highest BCUT2D eigenvalue weighted by molar-refractivity contribution is 5.63. The van der Waals surface area contributed by atoms with Crippen LogP contribution in [0, 0.1) is 0 Å². The second kappa shape index (κ2) is 7.15. The normalized spacial score (nSPS) is 10.7. The predicted molar refractivity (Wildman–Crippen MR) is 99.7 cm³/mol. The van der Waals surface area contributed by atoms with Gasteiger partial charge in [0.25, 0.3) is 0 Å². The molecule has 0 aromatic heterocycles. The highest BCUT2D eigenvalue weighted by Crippen LogP contribution is 2.24. The van der Waals surface area contributed by atoms with Crippen LogP contribution in [0.15, 0.2) is 78.9 Å². The molecule has 0 fully saturated rings. The van der Waals surface area contributed by atoms with E-state index in [9.17, 15) is 0 Å². The minimum absolute atomic E-state index is 0.527. The van der Waals surface area contributed by atoms with Crippen LogP contribution in [0.5, 0.6) is 0 Å². The summed E-state index contributed by atoms with van der Waals surface area (Å²) in [5.41, 5.74) is 6.42. The number of hydrogen-bond donors (Lipinski definition) is 1. The number of nitrogens with one attached hydrogen (secondary N) is 1. The largest absolute Gasteiger partial charge is 0.381 e. The molecule has 116 valence electrons. The van der Waals surface area contributed by atoms with Gasteiger partial charge in [-0.05, 0) is 34.2 Å². The first kappa shape index (κ1) is 15.4. The van der Waals surface area contributed by atoms with E-state index in [0.29, 0.717) is 5.92 Å². The van der Waals surface area contributed by atoms with Gasteiger partial charge in [-0.3, -0.25) is 0 Å². The summed E-state index contributed by atoms with van der Waals surface area (Å²) in [7, 11) is 0. The third kappa shape index (κ3) is 3.81. The Labute approximate surface area is 139 Å². The molecule has 0 amide bonds. The van der Waals surface area contributed by atoms with Crippen LogP contribution in [0.2, 0.25) is 0 Å². The van der Waals surface area contributed by atoms with Crippen LogP contribution in [0.1, 0.15) is 30.9 Å². The van der Waals surface area contributed by atoms with Crippen LogP contribution in [-0.2, 0) is 6.54 Å². The maximum absolute atomic E-state index is 3.57. The molecule has 1 N–H and O–H groups in total. The molecule has 0 saturated heterocycles. The second-order valence-corrected chi connectivity index (χ2v) is 6.16. The predicted octanol–water partition coefficient (Wildman–Crippen LogP) is 6.09. The van der Waals surface area contributed by atoms with Crippen molar-refractivity contribution in [3.05, 3.63) is 90.0 Å². The Morgan fingerprint density at radius 3 is 2.00 bits per heavy atom. The maximum Gasteiger partial charge on any atom is 0.0400 e. The number of benzene rings is 3. The molecule has 1 nitrogen and oxygen atoms in total. The molecule has 3 aromatic carbocycles. The minimum atomic E-state index is 0.527. The maximum atomic E-state index is 3.57. The molecule has 0 bridgehead atoms. The highest BCUT2D eigenvalue weighted by Gasteiger charge is 2.05. The monoisotopic (exact) mass is 301 g/mol. The molecule has 0 aliphatic carbocycles. The Hall–Kier alpha value is -2.54. The molecule has 0 atom stereocenters. The van der Waals surface area contributed by atoms with E-state index in [1.807, 2.05) is 6.07 Å². The fourth-order valence-corrected chi connectivity index (χ4v) is 2.80. The molecule has 0 aliphatic rings. The lowest BCUT2D eigenvalue weighted by Crippen LogP contribution is -2.03. The van der Waals surface area contributed by atoms with Crippen LogP contribution in [0.3, 0.4) is 0 Å². The Morgan fingerprint density at radius 1 is 0.696 bits per heavy atom. The van der Waals surface area contributed by atoms with Crippen molar-refractivity contribution in [2.75, 3.05) is 5.32 Å². The molecule has 0 spiro atoms. The summed E-state index contributed by atoms with van der Waals surface area (Å²) in [6.07, 6.45) is 0. The van der Waals surface area contributed by atoms with Crippen LogP contribution >= 0.6 is 0 Å². The highest BCUT2D eigenvalue weighted by atomic mass is 14.9. The molecule has 1 heteroatoms. The molecule has 3 rings (SSSR count). The van der Waals surface area contributed by atoms with E-state index in [4.69, 9.17) is 0 Å². The summed E-state index contributed by atoms with van der Waals surface area (Å²) in [6, 6.07) is 27.8. The van der Waals surface area contributed by atoms with Crippen LogP contribution in [-0.4, -0.2) is 0 Å². The van der Waals surface area contributed by atoms with E-state index in [1.54, 1.807) is 0 Å². The Balaban J connectivity index is 1.70. The van der Waals surface area contributed by atoms with Gasteiger partial charge >= 0.3 is 0 Å². The van der Waals surface area contributed by atoms with Gasteiger partial charge in [-0.2, -0.15) is 0 Å². The fraction of sp³-hybridized carbons (Fsp3) is 0.182. The zero-order chi connectivity index (χ0) is 16.1. The summed E-state index contributed by atoms with van der Waals surface area (Å²) < 4.78 is 0. The van der Waals surface area contributed by atoms with Crippen LogP contribution in [0.25, 0.3) is 11.1 Å². The molecule has 23 heavy (non-hydrogen) atoms. The number of anilines is 1. The lowest BCUT2D eigenvalue weighted by Gasteiger charge is -2.14. The van der Waals surface area contributed by atoms with Gasteiger partial charge in [0.1, 0.15) is 0 Å². The first-order valence-electron chi connectivity index (χ1n) is 8.21. The average Bonchev–Trinajstić information content (AvgIpc) is 2.61. The van der Waals surface area contributed by atoms with Gasteiger partial charge in [-0.25, -0.2) is 0 Å². The van der Waals surface area contributed by atoms with Crippen molar-refractivity contribution in [1.29, 1.82) is 0 Å². The van der Waals surface area contributed by atoms with Crippen molar-refractivity contribution in [1.82, 2.24) is 0 Å². The summed E-state index contributed by atoms with van der Waals surface area (Å²) in [5.74, 6) is 0.527. The SMILES string of the molecule is CC(C)c1ccccc1NCc1ccc(-c2ccccc2)cc1. The third-order valence-corrected chi connectivity index (χ3v) is 4.13. The average molecular weight is 301 g/mol. The zero-order valence-electron chi connectivity index (χ0n) is 13.8. The molecule has 3 aromatic rings. The Kier molecular flexibility index (Phi) is 4.77. The van der Waals surface area contributed by atoms with Crippen molar-refractivity contribution in [3.8, 4) is 11.1 Å². The van der Waals surface area contributed by atoms with E-state index >= 15 is 0 Å². The van der Waals surface area contributed by atoms with Gasteiger partial charge in [0, 0.05) is 12.2 Å². The topological polar surface area (TPSA) is 12.0 Å². The van der Waals surface area contributed by atoms with E-state index in [2.05, 4.69) is 92.0 Å². The van der Waals surface area contributed by atoms with Gasteiger partial charge in [-0.1, -0.05) is 86.6 Å². The van der Waals surface area contributed by atoms with Crippen molar-refractivity contribution in [2.24, 2.45) is 0 Å². The van der Waals surface area contributed by atoms with Crippen molar-refractivity contribution in [2.45, 2.75) is 26.3 Å². The summed E-state index contributed by atoms with van der Waals surface area (Å²) in [4.78, 5) is 0. The standard InChI is InChI=1S/C22H23N/c1-17(2)21-10-6-7-11-22(21)23-16-18-12-14-20(15-13-18)19-8-4-3-5-9-19/h3-15,17,23H,16H2,1-2H3. The first-order valence-corrected chi connectivity index (χ1v) is 8.21. The molecule has 0 radical (unpaired) electrons. The van der Waals surface area contributed by atoms with Gasteiger partial charge in [0.05, 0.1) is 0 Å². The van der Waals surface area contributed by atoms with Gasteiger partial charge < -0.3 is 5.32 Å². The Morgan fingerprint density at radius 2 is 1.30 bits per heavy atom. The van der Waals surface area contributed by atoms with Gasteiger partial charge in [0.2, 0.25) is 0 Å². The zero-order valence-corrected chi connectivity index (χ0v) is 13.8. The molecular formula is C22H23N. The summed E-state index contributed by atoms with van der Waals surface area (Å²) in [6.45, 7) is 5.31. The van der Waals surface area contributed by atoms with Crippen LogP contribution in [0.4, 0.5) is 5.69 Å². The molecule has 0 unspecified atom stereocenters.